The Morgan fingerprint density at radius 1 is 1.50 bits per heavy atom. The number of amides is 1. The van der Waals surface area contributed by atoms with E-state index in [9.17, 15) is 9.59 Å². The normalized spacial score (nSPS) is 23.5. The lowest BCUT2D eigenvalue weighted by atomic mass is 10.1. The Kier molecular flexibility index (Phi) is 4.29. The van der Waals surface area contributed by atoms with Crippen molar-refractivity contribution in [3.05, 3.63) is 34.3 Å². The minimum absolute atomic E-state index is 0.200. The number of hydrogen-bond donors (Lipinski definition) is 2. The zero-order valence-electron chi connectivity index (χ0n) is 9.43. The standard InChI is InChI=1S/C12H12BrNO3S/c13-8-4-2-1-3-7(8)5-10-11(15)14-9(6-18-10)12(16)17/h1-4,9-10H,5-6H2,(H,14,15)(H,16,17)/t9-,10-/m1/s1. The number of halogens is 1. The number of aliphatic carboxylic acids is 1. The minimum atomic E-state index is -0.977. The highest BCUT2D eigenvalue weighted by molar-refractivity contribution is 9.10. The van der Waals surface area contributed by atoms with Gasteiger partial charge in [-0.1, -0.05) is 34.1 Å². The molecule has 1 aromatic carbocycles. The number of benzene rings is 1. The van der Waals surface area contributed by atoms with Gasteiger partial charge in [-0.2, -0.15) is 0 Å². The predicted molar refractivity (Wildman–Crippen MR) is 73.7 cm³/mol. The Bertz CT molecular complexity index is 480. The molecule has 1 aromatic rings. The van der Waals surface area contributed by atoms with Crippen molar-refractivity contribution in [2.75, 3.05) is 5.75 Å². The SMILES string of the molecule is O=C(O)[C@H]1CS[C@H](Cc2ccccc2Br)C(=O)N1. The van der Waals surface area contributed by atoms with Crippen LogP contribution in [0.2, 0.25) is 0 Å². The fraction of sp³-hybridized carbons (Fsp3) is 0.333. The number of hydrogen-bond acceptors (Lipinski definition) is 3. The van der Waals surface area contributed by atoms with E-state index < -0.39 is 12.0 Å². The fourth-order valence-electron chi connectivity index (χ4n) is 1.74. The first-order valence-electron chi connectivity index (χ1n) is 5.46. The maximum Gasteiger partial charge on any atom is 0.327 e. The summed E-state index contributed by atoms with van der Waals surface area (Å²) in [6, 6.07) is 6.97. The van der Waals surface area contributed by atoms with E-state index in [1.165, 1.54) is 11.8 Å². The van der Waals surface area contributed by atoms with Gasteiger partial charge in [0.1, 0.15) is 6.04 Å². The van der Waals surface area contributed by atoms with Crippen LogP contribution >= 0.6 is 27.7 Å². The average molecular weight is 330 g/mol. The van der Waals surface area contributed by atoms with Crippen LogP contribution in [0, 0.1) is 0 Å². The first kappa shape index (κ1) is 13.4. The third-order valence-electron chi connectivity index (χ3n) is 2.73. The Labute approximate surface area is 117 Å². The van der Waals surface area contributed by atoms with Crippen molar-refractivity contribution in [2.45, 2.75) is 17.7 Å². The molecule has 0 spiro atoms. The third-order valence-corrected chi connectivity index (χ3v) is 4.82. The molecule has 18 heavy (non-hydrogen) atoms. The van der Waals surface area contributed by atoms with Gasteiger partial charge in [0, 0.05) is 10.2 Å². The Morgan fingerprint density at radius 3 is 2.83 bits per heavy atom. The van der Waals surface area contributed by atoms with Gasteiger partial charge >= 0.3 is 5.97 Å². The number of nitrogens with one attached hydrogen (secondary N) is 1. The molecule has 0 aromatic heterocycles. The van der Waals surface area contributed by atoms with Gasteiger partial charge < -0.3 is 10.4 Å². The van der Waals surface area contributed by atoms with E-state index >= 15 is 0 Å². The van der Waals surface area contributed by atoms with Crippen LogP contribution in [0.3, 0.4) is 0 Å². The van der Waals surface area contributed by atoms with Crippen molar-refractivity contribution in [3.8, 4) is 0 Å². The van der Waals surface area contributed by atoms with Crippen LogP contribution in [0.15, 0.2) is 28.7 Å². The van der Waals surface area contributed by atoms with E-state index in [1.807, 2.05) is 24.3 Å². The van der Waals surface area contributed by atoms with Crippen LogP contribution in [0.25, 0.3) is 0 Å². The number of carbonyl (C=O) groups is 2. The van der Waals surface area contributed by atoms with Crippen molar-refractivity contribution in [2.24, 2.45) is 0 Å². The molecular formula is C12H12BrNO3S. The van der Waals surface area contributed by atoms with Crippen molar-refractivity contribution < 1.29 is 14.7 Å². The van der Waals surface area contributed by atoms with Gasteiger partial charge in [-0.25, -0.2) is 4.79 Å². The molecule has 1 aliphatic rings. The summed E-state index contributed by atoms with van der Waals surface area (Å²) in [6.45, 7) is 0. The summed E-state index contributed by atoms with van der Waals surface area (Å²) >= 11 is 4.84. The topological polar surface area (TPSA) is 66.4 Å². The monoisotopic (exact) mass is 329 g/mol. The van der Waals surface area contributed by atoms with Crippen LogP contribution in [-0.4, -0.2) is 34.0 Å². The molecule has 2 rings (SSSR count). The van der Waals surface area contributed by atoms with E-state index in [1.54, 1.807) is 0 Å². The molecule has 1 saturated heterocycles. The van der Waals surface area contributed by atoms with E-state index in [2.05, 4.69) is 21.2 Å². The van der Waals surface area contributed by atoms with Gasteiger partial charge in [-0.05, 0) is 18.1 Å². The predicted octanol–water partition coefficient (Wildman–Crippen LogP) is 1.68. The molecule has 1 aliphatic heterocycles. The smallest absolute Gasteiger partial charge is 0.327 e. The first-order chi connectivity index (χ1) is 8.58. The molecule has 4 nitrogen and oxygen atoms in total. The molecule has 2 N–H and O–H groups in total. The highest BCUT2D eigenvalue weighted by Gasteiger charge is 2.32. The van der Waals surface area contributed by atoms with Crippen LogP contribution in [0.1, 0.15) is 5.56 Å². The molecule has 0 radical (unpaired) electrons. The fourth-order valence-corrected chi connectivity index (χ4v) is 3.36. The maximum atomic E-state index is 11.8. The summed E-state index contributed by atoms with van der Waals surface area (Å²) < 4.78 is 0.971. The number of rotatable bonds is 3. The van der Waals surface area contributed by atoms with Crippen molar-refractivity contribution in [1.82, 2.24) is 5.32 Å². The summed E-state index contributed by atoms with van der Waals surface area (Å²) in [5, 5.41) is 11.1. The largest absolute Gasteiger partial charge is 0.480 e. The summed E-state index contributed by atoms with van der Waals surface area (Å²) in [6.07, 6.45) is 0.601. The summed E-state index contributed by atoms with van der Waals surface area (Å²) in [5.41, 5.74) is 1.05. The molecule has 96 valence electrons. The molecule has 0 aliphatic carbocycles. The van der Waals surface area contributed by atoms with Crippen LogP contribution in [0.4, 0.5) is 0 Å². The highest BCUT2D eigenvalue weighted by atomic mass is 79.9. The molecule has 1 fully saturated rings. The Hall–Kier alpha value is -1.01. The van der Waals surface area contributed by atoms with Gasteiger partial charge in [0.2, 0.25) is 5.91 Å². The summed E-state index contributed by atoms with van der Waals surface area (Å²) in [7, 11) is 0. The van der Waals surface area contributed by atoms with E-state index in [0.717, 1.165) is 10.0 Å². The van der Waals surface area contributed by atoms with Crippen LogP contribution in [0.5, 0.6) is 0 Å². The van der Waals surface area contributed by atoms with Crippen LogP contribution in [-0.2, 0) is 16.0 Å². The molecule has 6 heteroatoms. The lowest BCUT2D eigenvalue weighted by Crippen LogP contribution is -2.51. The molecule has 0 saturated carbocycles. The molecular weight excluding hydrogens is 318 g/mol. The van der Waals surface area contributed by atoms with E-state index in [-0.39, 0.29) is 11.2 Å². The zero-order chi connectivity index (χ0) is 13.1. The second-order valence-corrected chi connectivity index (χ2v) is 6.11. The molecule has 0 bridgehead atoms. The minimum Gasteiger partial charge on any atom is -0.480 e. The molecule has 1 amide bonds. The number of thioether (sulfide) groups is 1. The second-order valence-electron chi connectivity index (χ2n) is 4.02. The number of carboxylic acids is 1. The van der Waals surface area contributed by atoms with Gasteiger partial charge in [0.15, 0.2) is 0 Å². The third kappa shape index (κ3) is 3.05. The Morgan fingerprint density at radius 2 is 2.22 bits per heavy atom. The van der Waals surface area contributed by atoms with Gasteiger partial charge in [-0.3, -0.25) is 4.79 Å². The van der Waals surface area contributed by atoms with Crippen molar-refractivity contribution >= 4 is 39.6 Å². The first-order valence-corrected chi connectivity index (χ1v) is 7.30. The van der Waals surface area contributed by atoms with Gasteiger partial charge in [-0.15, -0.1) is 11.8 Å². The average Bonchev–Trinajstić information content (AvgIpc) is 2.34. The van der Waals surface area contributed by atoms with Gasteiger partial charge in [0.05, 0.1) is 5.25 Å². The summed E-state index contributed by atoms with van der Waals surface area (Å²) in [5.74, 6) is -0.763. The maximum absolute atomic E-state index is 11.8. The van der Waals surface area contributed by atoms with E-state index in [4.69, 9.17) is 5.11 Å². The van der Waals surface area contributed by atoms with Crippen molar-refractivity contribution in [3.63, 3.8) is 0 Å². The summed E-state index contributed by atoms with van der Waals surface area (Å²) in [4.78, 5) is 22.6. The highest BCUT2D eigenvalue weighted by Crippen LogP contribution is 2.25. The molecule has 2 atom stereocenters. The number of carbonyl (C=O) groups excluding carboxylic acids is 1. The van der Waals surface area contributed by atoms with Gasteiger partial charge in [0.25, 0.3) is 0 Å². The molecule has 0 unspecified atom stereocenters. The number of carboxylic acid groups (broad SMARTS) is 1. The second kappa shape index (κ2) is 5.75. The van der Waals surface area contributed by atoms with E-state index in [0.29, 0.717) is 12.2 Å². The van der Waals surface area contributed by atoms with Crippen LogP contribution < -0.4 is 5.32 Å². The Balaban J connectivity index is 2.02. The lowest BCUT2D eigenvalue weighted by Gasteiger charge is -2.26. The lowest BCUT2D eigenvalue weighted by molar-refractivity contribution is -0.141. The zero-order valence-corrected chi connectivity index (χ0v) is 11.8. The van der Waals surface area contributed by atoms with Crippen molar-refractivity contribution in [1.29, 1.82) is 0 Å². The quantitative estimate of drug-likeness (QED) is 0.885. The molecule has 1 heterocycles.